The fraction of sp³-hybridized carbons (Fsp3) is 0.385. The summed E-state index contributed by atoms with van der Waals surface area (Å²) in [6.45, 7) is 5.60. The lowest BCUT2D eigenvalue weighted by Gasteiger charge is -2.24. The largest absolute Gasteiger partial charge is 0.360 e. The normalized spacial score (nSPS) is 11.9. The van der Waals surface area contributed by atoms with Gasteiger partial charge in [-0.3, -0.25) is 0 Å². The monoisotopic (exact) mass is 202 g/mol. The van der Waals surface area contributed by atoms with Crippen LogP contribution in [0.15, 0.2) is 24.3 Å². The Balaban J connectivity index is 3.06. The number of benzene rings is 1. The Bertz CT molecular complexity index is 350. The van der Waals surface area contributed by atoms with Crippen LogP contribution in [0, 0.1) is 12.3 Å². The summed E-state index contributed by atoms with van der Waals surface area (Å²) in [7, 11) is 0. The molecule has 0 saturated heterocycles. The van der Waals surface area contributed by atoms with E-state index in [1.807, 2.05) is 19.1 Å². The summed E-state index contributed by atoms with van der Waals surface area (Å²) in [5, 5.41) is 0. The number of terminal acetylenes is 1. The first-order valence-electron chi connectivity index (χ1n) is 5.23. The van der Waals surface area contributed by atoms with E-state index in [4.69, 9.17) is 12.2 Å². The first-order valence-corrected chi connectivity index (χ1v) is 5.23. The fourth-order valence-corrected chi connectivity index (χ4v) is 1.64. The van der Waals surface area contributed by atoms with Crippen molar-refractivity contribution >= 4 is 5.69 Å². The second kappa shape index (κ2) is 5.43. The van der Waals surface area contributed by atoms with Crippen LogP contribution >= 0.6 is 0 Å². The summed E-state index contributed by atoms with van der Waals surface area (Å²) >= 11 is 0. The zero-order valence-corrected chi connectivity index (χ0v) is 9.40. The third-order valence-corrected chi connectivity index (χ3v) is 2.43. The predicted molar refractivity (Wildman–Crippen MR) is 65.8 cm³/mol. The van der Waals surface area contributed by atoms with Gasteiger partial charge in [-0.1, -0.05) is 24.1 Å². The zero-order valence-electron chi connectivity index (χ0n) is 9.40. The molecule has 0 fully saturated rings. The Morgan fingerprint density at radius 3 is 2.67 bits per heavy atom. The van der Waals surface area contributed by atoms with Crippen molar-refractivity contribution in [2.75, 3.05) is 18.0 Å². The van der Waals surface area contributed by atoms with Crippen LogP contribution < -0.4 is 10.6 Å². The first kappa shape index (κ1) is 11.6. The van der Waals surface area contributed by atoms with Gasteiger partial charge in [0.15, 0.2) is 0 Å². The minimum absolute atomic E-state index is 0.0352. The highest BCUT2D eigenvalue weighted by atomic mass is 15.1. The number of nitrogens with zero attached hydrogens (tertiary/aromatic N) is 1. The smallest absolute Gasteiger partial charge is 0.0791 e. The van der Waals surface area contributed by atoms with E-state index in [-0.39, 0.29) is 6.04 Å². The van der Waals surface area contributed by atoms with E-state index in [0.29, 0.717) is 6.54 Å². The van der Waals surface area contributed by atoms with Gasteiger partial charge in [-0.25, -0.2) is 0 Å². The molecule has 1 unspecified atom stereocenters. The standard InChI is InChI=1S/C13H18N2/c1-4-10-15(5-2)13-9-7-6-8-12(13)11(3)14/h1,6-9,11H,5,10,14H2,2-3H3. The highest BCUT2D eigenvalue weighted by molar-refractivity contribution is 5.55. The molecule has 0 spiro atoms. The highest BCUT2D eigenvalue weighted by Gasteiger charge is 2.10. The van der Waals surface area contributed by atoms with E-state index in [1.54, 1.807) is 0 Å². The molecular formula is C13H18N2. The fourth-order valence-electron chi connectivity index (χ4n) is 1.64. The topological polar surface area (TPSA) is 29.3 Å². The van der Waals surface area contributed by atoms with Crippen molar-refractivity contribution in [2.45, 2.75) is 19.9 Å². The van der Waals surface area contributed by atoms with Gasteiger partial charge in [0.2, 0.25) is 0 Å². The lowest BCUT2D eigenvalue weighted by atomic mass is 10.1. The third-order valence-electron chi connectivity index (χ3n) is 2.43. The first-order chi connectivity index (χ1) is 7.20. The molecule has 0 aliphatic carbocycles. The lowest BCUT2D eigenvalue weighted by Crippen LogP contribution is -2.25. The lowest BCUT2D eigenvalue weighted by molar-refractivity contribution is 0.800. The van der Waals surface area contributed by atoms with Crippen LogP contribution in [0.4, 0.5) is 5.69 Å². The Labute approximate surface area is 92.1 Å². The molecule has 1 rings (SSSR count). The summed E-state index contributed by atoms with van der Waals surface area (Å²) in [5.41, 5.74) is 8.22. The third kappa shape index (κ3) is 2.74. The second-order valence-electron chi connectivity index (χ2n) is 3.57. The van der Waals surface area contributed by atoms with Crippen molar-refractivity contribution in [1.29, 1.82) is 0 Å². The quantitative estimate of drug-likeness (QED) is 0.758. The number of rotatable bonds is 4. The maximum Gasteiger partial charge on any atom is 0.0791 e. The number of hydrogen-bond donors (Lipinski definition) is 1. The molecule has 0 heterocycles. The molecule has 0 aromatic heterocycles. The Kier molecular flexibility index (Phi) is 4.20. The van der Waals surface area contributed by atoms with Crippen molar-refractivity contribution in [1.82, 2.24) is 0 Å². The van der Waals surface area contributed by atoms with E-state index in [1.165, 1.54) is 0 Å². The second-order valence-corrected chi connectivity index (χ2v) is 3.57. The summed E-state index contributed by atoms with van der Waals surface area (Å²) in [6, 6.07) is 8.18. The predicted octanol–water partition coefficient (Wildman–Crippen LogP) is 2.17. The molecule has 1 aromatic carbocycles. The summed E-state index contributed by atoms with van der Waals surface area (Å²) in [5.74, 6) is 2.67. The van der Waals surface area contributed by atoms with Crippen LogP contribution in [-0.2, 0) is 0 Å². The van der Waals surface area contributed by atoms with Crippen molar-refractivity contribution in [3.05, 3.63) is 29.8 Å². The minimum atomic E-state index is 0.0352. The van der Waals surface area contributed by atoms with Crippen LogP contribution in [0.25, 0.3) is 0 Å². The maximum absolute atomic E-state index is 5.92. The number of anilines is 1. The van der Waals surface area contributed by atoms with Gasteiger partial charge >= 0.3 is 0 Å². The van der Waals surface area contributed by atoms with Crippen LogP contribution in [0.1, 0.15) is 25.5 Å². The molecule has 1 atom stereocenters. The molecule has 2 N–H and O–H groups in total. The molecule has 0 saturated carbocycles. The van der Waals surface area contributed by atoms with E-state index < -0.39 is 0 Å². The molecule has 0 aliphatic heterocycles. The average molecular weight is 202 g/mol. The van der Waals surface area contributed by atoms with Crippen LogP contribution in [0.2, 0.25) is 0 Å². The maximum atomic E-state index is 5.92. The van der Waals surface area contributed by atoms with Gasteiger partial charge in [-0.2, -0.15) is 0 Å². The molecule has 2 heteroatoms. The zero-order chi connectivity index (χ0) is 11.3. The van der Waals surface area contributed by atoms with E-state index in [2.05, 4.69) is 29.9 Å². The Morgan fingerprint density at radius 2 is 2.13 bits per heavy atom. The average Bonchev–Trinajstić information content (AvgIpc) is 2.26. The van der Waals surface area contributed by atoms with Crippen LogP contribution in [-0.4, -0.2) is 13.1 Å². The molecule has 0 amide bonds. The summed E-state index contributed by atoms with van der Waals surface area (Å²) < 4.78 is 0. The van der Waals surface area contributed by atoms with Crippen molar-refractivity contribution in [2.24, 2.45) is 5.73 Å². The molecular weight excluding hydrogens is 184 g/mol. The molecule has 80 valence electrons. The van der Waals surface area contributed by atoms with Crippen molar-refractivity contribution in [3.63, 3.8) is 0 Å². The number of nitrogens with two attached hydrogens (primary N) is 1. The van der Waals surface area contributed by atoms with Gasteiger partial charge in [0.25, 0.3) is 0 Å². The molecule has 0 aliphatic rings. The van der Waals surface area contributed by atoms with Crippen molar-refractivity contribution < 1.29 is 0 Å². The van der Waals surface area contributed by atoms with Gasteiger partial charge in [0.05, 0.1) is 6.54 Å². The highest BCUT2D eigenvalue weighted by Crippen LogP contribution is 2.24. The minimum Gasteiger partial charge on any atom is -0.360 e. The van der Waals surface area contributed by atoms with Crippen LogP contribution in [0.5, 0.6) is 0 Å². The van der Waals surface area contributed by atoms with Crippen LogP contribution in [0.3, 0.4) is 0 Å². The van der Waals surface area contributed by atoms with E-state index >= 15 is 0 Å². The van der Waals surface area contributed by atoms with Crippen molar-refractivity contribution in [3.8, 4) is 12.3 Å². The van der Waals surface area contributed by atoms with Gasteiger partial charge < -0.3 is 10.6 Å². The van der Waals surface area contributed by atoms with Gasteiger partial charge in [-0.15, -0.1) is 6.42 Å². The van der Waals surface area contributed by atoms with Gasteiger partial charge in [-0.05, 0) is 25.5 Å². The summed E-state index contributed by atoms with van der Waals surface area (Å²) in [4.78, 5) is 2.15. The molecule has 0 radical (unpaired) electrons. The SMILES string of the molecule is C#CCN(CC)c1ccccc1C(C)N. The molecule has 2 nitrogen and oxygen atoms in total. The number of para-hydroxylation sites is 1. The molecule has 1 aromatic rings. The van der Waals surface area contributed by atoms with Gasteiger partial charge in [0, 0.05) is 18.3 Å². The number of hydrogen-bond acceptors (Lipinski definition) is 2. The summed E-state index contributed by atoms with van der Waals surface area (Å²) in [6.07, 6.45) is 5.35. The van der Waals surface area contributed by atoms with Gasteiger partial charge in [0.1, 0.15) is 0 Å². The van der Waals surface area contributed by atoms with E-state index in [9.17, 15) is 0 Å². The Hall–Kier alpha value is -1.46. The Morgan fingerprint density at radius 1 is 1.47 bits per heavy atom. The van der Waals surface area contributed by atoms with E-state index in [0.717, 1.165) is 17.8 Å². The molecule has 15 heavy (non-hydrogen) atoms. The molecule has 0 bridgehead atoms.